The quantitative estimate of drug-likeness (QED) is 0.239. The van der Waals surface area contributed by atoms with Crippen molar-refractivity contribution < 1.29 is 52.4 Å². The number of hydrogen-bond donors (Lipinski definition) is 1. The summed E-state index contributed by atoms with van der Waals surface area (Å²) in [5.41, 5.74) is 0. The molecule has 0 aliphatic rings. The van der Waals surface area contributed by atoms with Gasteiger partial charge in [0, 0.05) is 12.2 Å². The van der Waals surface area contributed by atoms with Gasteiger partial charge in [0.05, 0.1) is 0 Å². The maximum absolute atomic E-state index is 10.1. The van der Waals surface area contributed by atoms with E-state index in [0.717, 1.165) is 0 Å². The van der Waals surface area contributed by atoms with E-state index in [9.17, 15) is 17.8 Å². The first-order valence-corrected chi connectivity index (χ1v) is 6.65. The molecule has 8 heteroatoms. The molecule has 0 unspecified atom stereocenters. The number of carboxylic acid groups (broad SMARTS) is 1. The third-order valence-electron chi connectivity index (χ3n) is 1.26. The molecule has 14 heavy (non-hydrogen) atoms. The van der Waals surface area contributed by atoms with E-state index in [1.807, 2.05) is 0 Å². The molecule has 0 aromatic heterocycles. The van der Waals surface area contributed by atoms with Crippen LogP contribution < -0.4 is 29.6 Å². The molecule has 0 fully saturated rings. The minimum Gasteiger partial charge on any atom is -0.739 e. The molecule has 0 saturated heterocycles. The van der Waals surface area contributed by atoms with Crippen molar-refractivity contribution >= 4 is 25.9 Å². The maximum atomic E-state index is 10.1. The van der Waals surface area contributed by atoms with Crippen LogP contribution in [0, 0.1) is 0 Å². The van der Waals surface area contributed by atoms with E-state index in [1.165, 1.54) is 0 Å². The van der Waals surface area contributed by atoms with Gasteiger partial charge in [-0.1, -0.05) is 6.42 Å². The Kier molecular flexibility index (Phi) is 11.0. The van der Waals surface area contributed by atoms with E-state index in [2.05, 4.69) is 0 Å². The van der Waals surface area contributed by atoms with E-state index in [-0.39, 0.29) is 41.7 Å². The molecule has 0 aliphatic carbocycles. The van der Waals surface area contributed by atoms with Crippen molar-refractivity contribution in [1.29, 1.82) is 0 Å². The Morgan fingerprint density at radius 2 is 1.86 bits per heavy atom. The smallest absolute Gasteiger partial charge is 0.739 e. The molecule has 0 bridgehead atoms. The van der Waals surface area contributed by atoms with Crippen LogP contribution >= 0.6 is 10.8 Å². The number of aliphatic carboxylic acids is 1. The zero-order chi connectivity index (χ0) is 10.3. The SMILES string of the molecule is O=C(O)CCCCCSS(=O)(=O)[O-].[Na+]. The van der Waals surface area contributed by atoms with Crippen LogP contribution in [0.4, 0.5) is 0 Å². The van der Waals surface area contributed by atoms with Crippen LogP contribution in [0.25, 0.3) is 0 Å². The Labute approximate surface area is 109 Å². The summed E-state index contributed by atoms with van der Waals surface area (Å²) in [4.78, 5) is 10.0. The van der Waals surface area contributed by atoms with Crippen LogP contribution in [0.5, 0.6) is 0 Å². The molecule has 0 aliphatic heterocycles. The predicted molar refractivity (Wildman–Crippen MR) is 48.3 cm³/mol. The zero-order valence-electron chi connectivity index (χ0n) is 7.93. The van der Waals surface area contributed by atoms with Crippen LogP contribution in [0.1, 0.15) is 25.7 Å². The summed E-state index contributed by atoms with van der Waals surface area (Å²) in [6.07, 6.45) is 1.80. The van der Waals surface area contributed by atoms with Gasteiger partial charge in [-0.05, 0) is 23.6 Å². The van der Waals surface area contributed by atoms with Gasteiger partial charge in [-0.15, -0.1) is 0 Å². The predicted octanol–water partition coefficient (Wildman–Crippen LogP) is -2.17. The average molecular weight is 250 g/mol. The van der Waals surface area contributed by atoms with Crippen molar-refractivity contribution in [3.05, 3.63) is 0 Å². The Morgan fingerprint density at radius 3 is 2.29 bits per heavy atom. The van der Waals surface area contributed by atoms with Crippen molar-refractivity contribution in [2.24, 2.45) is 0 Å². The number of carbonyl (C=O) groups is 1. The van der Waals surface area contributed by atoms with Gasteiger partial charge in [0.1, 0.15) is 9.15 Å². The second-order valence-electron chi connectivity index (χ2n) is 2.43. The van der Waals surface area contributed by atoms with E-state index < -0.39 is 15.1 Å². The molecule has 5 nitrogen and oxygen atoms in total. The van der Waals surface area contributed by atoms with E-state index in [1.54, 1.807) is 0 Å². The van der Waals surface area contributed by atoms with Gasteiger partial charge in [0.25, 0.3) is 0 Å². The second kappa shape index (κ2) is 8.99. The molecule has 0 aromatic carbocycles. The van der Waals surface area contributed by atoms with Crippen LogP contribution in [0.3, 0.4) is 0 Å². The third kappa shape index (κ3) is 15.2. The molecule has 1 N–H and O–H groups in total. The molecule has 0 atom stereocenters. The Bertz CT molecular complexity index is 251. The van der Waals surface area contributed by atoms with E-state index in [4.69, 9.17) is 5.11 Å². The fourth-order valence-electron chi connectivity index (χ4n) is 0.716. The van der Waals surface area contributed by atoms with Crippen molar-refractivity contribution in [3.8, 4) is 0 Å². The van der Waals surface area contributed by atoms with Crippen LogP contribution in [0.2, 0.25) is 0 Å². The van der Waals surface area contributed by atoms with Crippen molar-refractivity contribution in [2.45, 2.75) is 25.7 Å². The number of hydrogen-bond acceptors (Lipinski definition) is 5. The molecule has 78 valence electrons. The fourth-order valence-corrected chi connectivity index (χ4v) is 2.21. The molecule has 0 spiro atoms. The average Bonchev–Trinajstić information content (AvgIpc) is 1.93. The standard InChI is InChI=1S/C6H12O5S2.Na/c7-6(8)4-2-1-3-5-12-13(9,10)11;/h1-5H2,(H,7,8)(H,9,10,11);/q;+1/p-1. The van der Waals surface area contributed by atoms with Gasteiger partial charge in [-0.25, -0.2) is 8.42 Å². The minimum absolute atomic E-state index is 0. The molecular formula is C6H11NaO5S2. The van der Waals surface area contributed by atoms with Crippen molar-refractivity contribution in [1.82, 2.24) is 0 Å². The molecule has 0 radical (unpaired) electrons. The van der Waals surface area contributed by atoms with E-state index in [0.29, 0.717) is 30.1 Å². The summed E-state index contributed by atoms with van der Waals surface area (Å²) in [5.74, 6) is -0.616. The number of carboxylic acids is 1. The van der Waals surface area contributed by atoms with Gasteiger partial charge in [0.15, 0.2) is 0 Å². The summed E-state index contributed by atoms with van der Waals surface area (Å²) in [5, 5.41) is 8.25. The van der Waals surface area contributed by atoms with Gasteiger partial charge >= 0.3 is 35.5 Å². The Hall–Kier alpha value is 0.730. The van der Waals surface area contributed by atoms with E-state index >= 15 is 0 Å². The van der Waals surface area contributed by atoms with Crippen LogP contribution in [-0.2, 0) is 13.9 Å². The van der Waals surface area contributed by atoms with Crippen LogP contribution in [-0.4, -0.2) is 29.8 Å². The fraction of sp³-hybridized carbons (Fsp3) is 0.833. The minimum atomic E-state index is -4.18. The Balaban J connectivity index is 0. The van der Waals surface area contributed by atoms with Crippen molar-refractivity contribution in [2.75, 3.05) is 5.75 Å². The zero-order valence-corrected chi connectivity index (χ0v) is 11.6. The van der Waals surface area contributed by atoms with Gasteiger partial charge in [-0.3, -0.25) is 4.79 Å². The summed E-state index contributed by atoms with van der Waals surface area (Å²) >= 11 is 0. The summed E-state index contributed by atoms with van der Waals surface area (Å²) in [6, 6.07) is 0. The molecular weight excluding hydrogens is 239 g/mol. The van der Waals surface area contributed by atoms with Gasteiger partial charge < -0.3 is 9.66 Å². The summed E-state index contributed by atoms with van der Waals surface area (Å²) in [7, 11) is -3.82. The first kappa shape index (κ1) is 17.1. The summed E-state index contributed by atoms with van der Waals surface area (Å²) < 4.78 is 30.3. The number of rotatable bonds is 7. The van der Waals surface area contributed by atoms with Gasteiger partial charge in [0.2, 0.25) is 0 Å². The molecule has 0 rings (SSSR count). The Morgan fingerprint density at radius 1 is 1.29 bits per heavy atom. The maximum Gasteiger partial charge on any atom is 1.00 e. The third-order valence-corrected chi connectivity index (χ3v) is 3.37. The monoisotopic (exact) mass is 250 g/mol. The topological polar surface area (TPSA) is 94.5 Å². The van der Waals surface area contributed by atoms with Crippen molar-refractivity contribution in [3.63, 3.8) is 0 Å². The first-order valence-electron chi connectivity index (χ1n) is 3.74. The first-order chi connectivity index (χ1) is 5.92. The summed E-state index contributed by atoms with van der Waals surface area (Å²) in [6.45, 7) is 0. The van der Waals surface area contributed by atoms with Crippen LogP contribution in [0.15, 0.2) is 0 Å². The molecule has 0 aromatic rings. The largest absolute Gasteiger partial charge is 1.00 e. The second-order valence-corrected chi connectivity index (χ2v) is 5.83. The molecule has 0 saturated carbocycles. The number of unbranched alkanes of at least 4 members (excludes halogenated alkanes) is 2. The van der Waals surface area contributed by atoms with Gasteiger partial charge in [-0.2, -0.15) is 0 Å². The molecule has 0 amide bonds. The molecule has 0 heterocycles. The normalized spacial score (nSPS) is 10.6.